The molecule has 1 aromatic carbocycles. The fourth-order valence-corrected chi connectivity index (χ4v) is 3.27. The van der Waals surface area contributed by atoms with E-state index in [0.29, 0.717) is 0 Å². The van der Waals surface area contributed by atoms with Gasteiger partial charge in [-0.25, -0.2) is 4.98 Å². The maximum absolute atomic E-state index is 12.1. The van der Waals surface area contributed by atoms with Crippen LogP contribution in [0.1, 0.15) is 22.8 Å². The summed E-state index contributed by atoms with van der Waals surface area (Å²) in [6, 6.07) is 7.70. The van der Waals surface area contributed by atoms with Crippen molar-refractivity contribution in [1.82, 2.24) is 4.98 Å². The molecule has 1 aromatic heterocycles. The number of carbonyl (C=O) groups is 1. The Hall–Kier alpha value is -1.13. The average molecular weight is 263 g/mol. The van der Waals surface area contributed by atoms with Crippen molar-refractivity contribution in [2.24, 2.45) is 0 Å². The number of Topliss-reactive ketones (excluding diaryl/α,β-unsaturated/α-hetero) is 1. The SMILES string of the molecule is Cc1ccc(C(=O)C(C)Sc2nccs2)cc1. The van der Waals surface area contributed by atoms with Gasteiger partial charge in [0, 0.05) is 17.1 Å². The van der Waals surface area contributed by atoms with Crippen molar-refractivity contribution in [3.05, 3.63) is 47.0 Å². The van der Waals surface area contributed by atoms with Crippen molar-refractivity contribution in [1.29, 1.82) is 0 Å². The molecule has 1 unspecified atom stereocenters. The van der Waals surface area contributed by atoms with Crippen molar-refractivity contribution < 1.29 is 4.79 Å². The second kappa shape index (κ2) is 5.47. The van der Waals surface area contributed by atoms with E-state index < -0.39 is 0 Å². The number of rotatable bonds is 4. The zero-order chi connectivity index (χ0) is 12.3. The first-order chi connectivity index (χ1) is 8.16. The highest BCUT2D eigenvalue weighted by atomic mass is 32.2. The van der Waals surface area contributed by atoms with Crippen LogP contribution in [0.2, 0.25) is 0 Å². The van der Waals surface area contributed by atoms with E-state index in [9.17, 15) is 4.79 Å². The Bertz CT molecular complexity index is 491. The molecule has 0 radical (unpaired) electrons. The fourth-order valence-electron chi connectivity index (χ4n) is 1.43. The van der Waals surface area contributed by atoms with E-state index in [1.54, 1.807) is 17.5 Å². The topological polar surface area (TPSA) is 30.0 Å². The molecule has 2 aromatic rings. The molecule has 0 amide bonds. The van der Waals surface area contributed by atoms with Gasteiger partial charge in [-0.1, -0.05) is 41.6 Å². The van der Waals surface area contributed by atoms with E-state index in [1.807, 2.05) is 43.5 Å². The molecule has 0 bridgehead atoms. The Morgan fingerprint density at radius 1 is 1.35 bits per heavy atom. The number of ketones is 1. The van der Waals surface area contributed by atoms with Gasteiger partial charge in [-0.3, -0.25) is 4.79 Å². The molecule has 4 heteroatoms. The Labute approximate surface area is 109 Å². The molecule has 0 fully saturated rings. The summed E-state index contributed by atoms with van der Waals surface area (Å²) in [7, 11) is 0. The van der Waals surface area contributed by atoms with E-state index in [4.69, 9.17) is 0 Å². The third kappa shape index (κ3) is 3.17. The third-order valence-electron chi connectivity index (χ3n) is 2.39. The number of thiazole rings is 1. The van der Waals surface area contributed by atoms with E-state index in [2.05, 4.69) is 4.98 Å². The lowest BCUT2D eigenvalue weighted by Gasteiger charge is -2.08. The highest BCUT2D eigenvalue weighted by Crippen LogP contribution is 2.27. The summed E-state index contributed by atoms with van der Waals surface area (Å²) in [6.07, 6.45) is 1.76. The molecular formula is C13H13NOS2. The Kier molecular flexibility index (Phi) is 3.97. The van der Waals surface area contributed by atoms with Crippen LogP contribution in [0.5, 0.6) is 0 Å². The number of nitrogens with zero attached hydrogens (tertiary/aromatic N) is 1. The van der Waals surface area contributed by atoms with Gasteiger partial charge in [0.25, 0.3) is 0 Å². The first-order valence-electron chi connectivity index (χ1n) is 5.34. The van der Waals surface area contributed by atoms with E-state index in [0.717, 1.165) is 9.90 Å². The lowest BCUT2D eigenvalue weighted by atomic mass is 10.1. The molecule has 1 atom stereocenters. The molecule has 0 aliphatic carbocycles. The Morgan fingerprint density at radius 2 is 2.06 bits per heavy atom. The smallest absolute Gasteiger partial charge is 0.175 e. The number of aryl methyl sites for hydroxylation is 1. The normalized spacial score (nSPS) is 12.4. The molecule has 0 saturated carbocycles. The number of carbonyl (C=O) groups excluding carboxylic acids is 1. The summed E-state index contributed by atoms with van der Waals surface area (Å²) >= 11 is 3.08. The van der Waals surface area contributed by atoms with Gasteiger partial charge < -0.3 is 0 Å². The van der Waals surface area contributed by atoms with Gasteiger partial charge in [-0.05, 0) is 13.8 Å². The van der Waals surface area contributed by atoms with Crippen LogP contribution in [0.4, 0.5) is 0 Å². The Balaban J connectivity index is 2.07. The van der Waals surface area contributed by atoms with Crippen LogP contribution < -0.4 is 0 Å². The first kappa shape index (κ1) is 12.3. The minimum Gasteiger partial charge on any atom is -0.293 e. The summed E-state index contributed by atoms with van der Waals surface area (Å²) in [6.45, 7) is 3.94. The maximum atomic E-state index is 12.1. The standard InChI is InChI=1S/C13H13NOS2/c1-9-3-5-11(6-4-9)12(15)10(2)17-13-14-7-8-16-13/h3-8,10H,1-2H3. The predicted molar refractivity (Wildman–Crippen MR) is 72.9 cm³/mol. The molecule has 0 aliphatic rings. The van der Waals surface area contributed by atoms with Crippen molar-refractivity contribution in [2.75, 3.05) is 0 Å². The van der Waals surface area contributed by atoms with Crippen molar-refractivity contribution in [2.45, 2.75) is 23.4 Å². The minimum atomic E-state index is -0.0937. The second-order valence-corrected chi connectivity index (χ2v) is 6.27. The van der Waals surface area contributed by atoms with Crippen LogP contribution in [0.25, 0.3) is 0 Å². The molecule has 17 heavy (non-hydrogen) atoms. The number of thioether (sulfide) groups is 1. The van der Waals surface area contributed by atoms with E-state index in [-0.39, 0.29) is 11.0 Å². The monoisotopic (exact) mass is 263 g/mol. The number of hydrogen-bond acceptors (Lipinski definition) is 4. The molecule has 1 heterocycles. The molecule has 88 valence electrons. The lowest BCUT2D eigenvalue weighted by Crippen LogP contribution is -2.13. The molecule has 0 saturated heterocycles. The van der Waals surface area contributed by atoms with Gasteiger partial charge >= 0.3 is 0 Å². The molecule has 0 aliphatic heterocycles. The van der Waals surface area contributed by atoms with Crippen LogP contribution in [0.3, 0.4) is 0 Å². The zero-order valence-electron chi connectivity index (χ0n) is 9.71. The van der Waals surface area contributed by atoms with Crippen molar-refractivity contribution >= 4 is 28.9 Å². The maximum Gasteiger partial charge on any atom is 0.175 e. The van der Waals surface area contributed by atoms with Crippen LogP contribution in [-0.2, 0) is 0 Å². The summed E-state index contributed by atoms with van der Waals surface area (Å²) in [4.78, 5) is 16.3. The minimum absolute atomic E-state index is 0.0937. The molecule has 2 nitrogen and oxygen atoms in total. The van der Waals surface area contributed by atoms with Crippen LogP contribution in [0, 0.1) is 6.92 Å². The number of aromatic nitrogens is 1. The molecular weight excluding hydrogens is 250 g/mol. The predicted octanol–water partition coefficient (Wildman–Crippen LogP) is 3.82. The Morgan fingerprint density at radius 3 is 2.65 bits per heavy atom. The van der Waals surface area contributed by atoms with Crippen molar-refractivity contribution in [3.63, 3.8) is 0 Å². The molecule has 0 spiro atoms. The highest BCUT2D eigenvalue weighted by Gasteiger charge is 2.17. The number of hydrogen-bond donors (Lipinski definition) is 0. The van der Waals surface area contributed by atoms with Gasteiger partial charge in [0.05, 0.1) is 5.25 Å². The average Bonchev–Trinajstić information content (AvgIpc) is 2.82. The van der Waals surface area contributed by atoms with Gasteiger partial charge in [0.1, 0.15) is 4.34 Å². The van der Waals surface area contributed by atoms with E-state index in [1.165, 1.54) is 17.3 Å². The fraction of sp³-hybridized carbons (Fsp3) is 0.231. The summed E-state index contributed by atoms with van der Waals surface area (Å²) in [5.41, 5.74) is 1.94. The van der Waals surface area contributed by atoms with E-state index >= 15 is 0 Å². The van der Waals surface area contributed by atoms with Crippen LogP contribution in [0.15, 0.2) is 40.2 Å². The highest BCUT2D eigenvalue weighted by molar-refractivity contribution is 8.02. The number of benzene rings is 1. The lowest BCUT2D eigenvalue weighted by molar-refractivity contribution is 0.0994. The van der Waals surface area contributed by atoms with Crippen LogP contribution in [-0.4, -0.2) is 16.0 Å². The summed E-state index contributed by atoms with van der Waals surface area (Å²) in [5, 5.41) is 1.83. The first-order valence-corrected chi connectivity index (χ1v) is 7.10. The quantitative estimate of drug-likeness (QED) is 0.620. The van der Waals surface area contributed by atoms with Gasteiger partial charge in [0.15, 0.2) is 5.78 Å². The van der Waals surface area contributed by atoms with Crippen molar-refractivity contribution in [3.8, 4) is 0 Å². The van der Waals surface area contributed by atoms with Gasteiger partial charge in [-0.2, -0.15) is 0 Å². The van der Waals surface area contributed by atoms with Crippen LogP contribution >= 0.6 is 23.1 Å². The zero-order valence-corrected chi connectivity index (χ0v) is 11.3. The second-order valence-electron chi connectivity index (χ2n) is 3.79. The summed E-state index contributed by atoms with van der Waals surface area (Å²) in [5.74, 6) is 0.158. The third-order valence-corrected chi connectivity index (χ3v) is 4.41. The van der Waals surface area contributed by atoms with Gasteiger partial charge in [-0.15, -0.1) is 11.3 Å². The molecule has 2 rings (SSSR count). The largest absolute Gasteiger partial charge is 0.293 e. The van der Waals surface area contributed by atoms with Gasteiger partial charge in [0.2, 0.25) is 0 Å². The molecule has 0 N–H and O–H groups in total. The summed E-state index contributed by atoms with van der Waals surface area (Å²) < 4.78 is 0.943.